The van der Waals surface area contributed by atoms with Crippen LogP contribution in [0.5, 0.6) is 0 Å². The van der Waals surface area contributed by atoms with Gasteiger partial charge in [-0.15, -0.1) is 0 Å². The zero-order valence-corrected chi connectivity index (χ0v) is 11.6. The number of benzene rings is 1. The Morgan fingerprint density at radius 2 is 2.06 bits per heavy atom. The van der Waals surface area contributed by atoms with Gasteiger partial charge in [-0.25, -0.2) is 0 Å². The van der Waals surface area contributed by atoms with E-state index in [9.17, 15) is 4.79 Å². The number of hydrogen-bond acceptors (Lipinski definition) is 2. The number of nitrogens with one attached hydrogen (secondary N) is 1. The van der Waals surface area contributed by atoms with Crippen LogP contribution in [0.25, 0.3) is 0 Å². The van der Waals surface area contributed by atoms with Gasteiger partial charge in [0.2, 0.25) is 5.91 Å². The maximum absolute atomic E-state index is 11.9. The Hall–Kier alpha value is -1.35. The first kappa shape index (κ1) is 14.7. The Balaban J connectivity index is 2.57. The molecule has 0 heterocycles. The highest BCUT2D eigenvalue weighted by molar-refractivity contribution is 5.81. The van der Waals surface area contributed by atoms with Crippen LogP contribution in [0.1, 0.15) is 50.3 Å². The van der Waals surface area contributed by atoms with Gasteiger partial charge < -0.3 is 11.1 Å². The Bertz CT molecular complexity index is 390. The van der Waals surface area contributed by atoms with Crippen molar-refractivity contribution in [3.05, 3.63) is 35.4 Å². The average Bonchev–Trinajstić information content (AvgIpc) is 2.36. The second kappa shape index (κ2) is 7.17. The number of unbranched alkanes of at least 4 members (excludes halogenated alkanes) is 1. The summed E-state index contributed by atoms with van der Waals surface area (Å²) in [6.07, 6.45) is 2.81. The first-order valence-corrected chi connectivity index (χ1v) is 6.67. The van der Waals surface area contributed by atoms with Crippen LogP contribution in [-0.4, -0.2) is 11.9 Å². The second-order valence-corrected chi connectivity index (χ2v) is 4.84. The van der Waals surface area contributed by atoms with Gasteiger partial charge in [0.25, 0.3) is 0 Å². The Morgan fingerprint density at radius 1 is 1.39 bits per heavy atom. The van der Waals surface area contributed by atoms with Gasteiger partial charge in [-0.2, -0.15) is 0 Å². The van der Waals surface area contributed by atoms with Gasteiger partial charge in [-0.3, -0.25) is 4.79 Å². The van der Waals surface area contributed by atoms with E-state index in [1.165, 1.54) is 5.56 Å². The maximum Gasteiger partial charge on any atom is 0.237 e. The Labute approximate surface area is 110 Å². The standard InChI is InChI=1S/C15H24N2O/c1-4-5-10-14(16)15(18)17-12(3)13-9-7-6-8-11(13)2/h6-9,12,14H,4-5,10,16H2,1-3H3,(H,17,18)/t12-,14?/m0/s1. The largest absolute Gasteiger partial charge is 0.348 e. The summed E-state index contributed by atoms with van der Waals surface area (Å²) in [7, 11) is 0. The summed E-state index contributed by atoms with van der Waals surface area (Å²) in [4.78, 5) is 11.9. The van der Waals surface area contributed by atoms with Crippen molar-refractivity contribution in [2.75, 3.05) is 0 Å². The van der Waals surface area contributed by atoms with Crippen LogP contribution in [0.2, 0.25) is 0 Å². The fraction of sp³-hybridized carbons (Fsp3) is 0.533. The van der Waals surface area contributed by atoms with Crippen LogP contribution in [0.4, 0.5) is 0 Å². The molecule has 0 saturated carbocycles. The van der Waals surface area contributed by atoms with E-state index in [0.29, 0.717) is 0 Å². The van der Waals surface area contributed by atoms with Gasteiger partial charge >= 0.3 is 0 Å². The van der Waals surface area contributed by atoms with Crippen molar-refractivity contribution >= 4 is 5.91 Å². The van der Waals surface area contributed by atoms with E-state index in [1.54, 1.807) is 0 Å². The highest BCUT2D eigenvalue weighted by atomic mass is 16.2. The van der Waals surface area contributed by atoms with E-state index < -0.39 is 6.04 Å². The molecule has 1 unspecified atom stereocenters. The zero-order valence-electron chi connectivity index (χ0n) is 11.6. The molecule has 0 radical (unpaired) electrons. The summed E-state index contributed by atoms with van der Waals surface area (Å²) in [5.41, 5.74) is 8.19. The van der Waals surface area contributed by atoms with Crippen LogP contribution in [0.3, 0.4) is 0 Å². The summed E-state index contributed by atoms with van der Waals surface area (Å²) in [5, 5.41) is 2.98. The molecule has 0 spiro atoms. The molecule has 0 aromatic heterocycles. The molecule has 0 aliphatic rings. The molecule has 1 aromatic carbocycles. The molecule has 3 N–H and O–H groups in total. The molecule has 0 fully saturated rings. The highest BCUT2D eigenvalue weighted by Crippen LogP contribution is 2.16. The van der Waals surface area contributed by atoms with E-state index in [4.69, 9.17) is 5.73 Å². The number of aryl methyl sites for hydroxylation is 1. The molecule has 3 heteroatoms. The van der Waals surface area contributed by atoms with Gasteiger partial charge in [0.05, 0.1) is 12.1 Å². The topological polar surface area (TPSA) is 55.1 Å². The summed E-state index contributed by atoms with van der Waals surface area (Å²) < 4.78 is 0. The lowest BCUT2D eigenvalue weighted by molar-refractivity contribution is -0.123. The Morgan fingerprint density at radius 3 is 2.67 bits per heavy atom. The number of carbonyl (C=O) groups is 1. The minimum atomic E-state index is -0.392. The lowest BCUT2D eigenvalue weighted by Crippen LogP contribution is -2.41. The van der Waals surface area contributed by atoms with Gasteiger partial charge in [0.15, 0.2) is 0 Å². The predicted octanol–water partition coefficient (Wildman–Crippen LogP) is 2.69. The molecule has 0 aliphatic heterocycles. The summed E-state index contributed by atoms with van der Waals surface area (Å²) in [6.45, 7) is 6.14. The number of amides is 1. The molecule has 0 bridgehead atoms. The molecule has 1 amide bonds. The number of rotatable bonds is 6. The highest BCUT2D eigenvalue weighted by Gasteiger charge is 2.16. The number of nitrogens with two attached hydrogens (primary N) is 1. The summed E-state index contributed by atoms with van der Waals surface area (Å²) in [6, 6.07) is 7.69. The molecular formula is C15H24N2O. The van der Waals surface area contributed by atoms with Gasteiger partial charge in [-0.1, -0.05) is 44.0 Å². The van der Waals surface area contributed by atoms with Crippen LogP contribution in [-0.2, 0) is 4.79 Å². The molecule has 1 aromatic rings. The van der Waals surface area contributed by atoms with Crippen LogP contribution < -0.4 is 11.1 Å². The molecule has 3 nitrogen and oxygen atoms in total. The minimum Gasteiger partial charge on any atom is -0.348 e. The fourth-order valence-corrected chi connectivity index (χ4v) is 2.03. The summed E-state index contributed by atoms with van der Waals surface area (Å²) >= 11 is 0. The smallest absolute Gasteiger partial charge is 0.237 e. The third-order valence-corrected chi connectivity index (χ3v) is 3.22. The van der Waals surface area contributed by atoms with Crippen molar-refractivity contribution in [1.29, 1.82) is 0 Å². The second-order valence-electron chi connectivity index (χ2n) is 4.84. The van der Waals surface area contributed by atoms with E-state index in [1.807, 2.05) is 25.1 Å². The molecular weight excluding hydrogens is 224 g/mol. The van der Waals surface area contributed by atoms with E-state index >= 15 is 0 Å². The Kier molecular flexibility index (Phi) is 5.86. The third-order valence-electron chi connectivity index (χ3n) is 3.22. The first-order chi connectivity index (χ1) is 8.56. The number of carbonyl (C=O) groups excluding carboxylic acids is 1. The summed E-state index contributed by atoms with van der Waals surface area (Å²) in [5.74, 6) is -0.0563. The van der Waals surface area contributed by atoms with Crippen molar-refractivity contribution in [3.63, 3.8) is 0 Å². The lowest BCUT2D eigenvalue weighted by Gasteiger charge is -2.19. The average molecular weight is 248 g/mol. The fourth-order valence-electron chi connectivity index (χ4n) is 2.03. The third kappa shape index (κ3) is 4.15. The monoisotopic (exact) mass is 248 g/mol. The predicted molar refractivity (Wildman–Crippen MR) is 75.2 cm³/mol. The lowest BCUT2D eigenvalue weighted by atomic mass is 10.0. The van der Waals surface area contributed by atoms with E-state index in [0.717, 1.165) is 24.8 Å². The van der Waals surface area contributed by atoms with Gasteiger partial charge in [0.1, 0.15) is 0 Å². The quantitative estimate of drug-likeness (QED) is 0.813. The maximum atomic E-state index is 11.9. The van der Waals surface area contributed by atoms with E-state index in [2.05, 4.69) is 25.2 Å². The van der Waals surface area contributed by atoms with Crippen molar-refractivity contribution in [2.24, 2.45) is 5.73 Å². The molecule has 18 heavy (non-hydrogen) atoms. The zero-order chi connectivity index (χ0) is 13.5. The van der Waals surface area contributed by atoms with Crippen molar-refractivity contribution in [3.8, 4) is 0 Å². The van der Waals surface area contributed by atoms with Crippen molar-refractivity contribution < 1.29 is 4.79 Å². The molecule has 2 atom stereocenters. The van der Waals surface area contributed by atoms with Crippen molar-refractivity contribution in [2.45, 2.75) is 52.1 Å². The van der Waals surface area contributed by atoms with Gasteiger partial charge in [0, 0.05) is 0 Å². The molecule has 0 aliphatic carbocycles. The number of hydrogen-bond donors (Lipinski definition) is 2. The van der Waals surface area contributed by atoms with Crippen LogP contribution >= 0.6 is 0 Å². The molecule has 1 rings (SSSR count). The first-order valence-electron chi connectivity index (χ1n) is 6.67. The van der Waals surface area contributed by atoms with Gasteiger partial charge in [-0.05, 0) is 31.4 Å². The minimum absolute atomic E-state index is 0.00590. The molecule has 0 saturated heterocycles. The molecule has 100 valence electrons. The SMILES string of the molecule is CCCCC(N)C(=O)N[C@@H](C)c1ccccc1C. The van der Waals surface area contributed by atoms with E-state index in [-0.39, 0.29) is 11.9 Å². The normalized spacial score (nSPS) is 14.0. The van der Waals surface area contributed by atoms with Crippen LogP contribution in [0, 0.1) is 6.92 Å². The van der Waals surface area contributed by atoms with Crippen molar-refractivity contribution in [1.82, 2.24) is 5.32 Å². The van der Waals surface area contributed by atoms with Crippen LogP contribution in [0.15, 0.2) is 24.3 Å².